The first-order valence-electron chi connectivity index (χ1n) is 4.20. The highest BCUT2D eigenvalue weighted by Crippen LogP contribution is 2.36. The van der Waals surface area contributed by atoms with Crippen LogP contribution in [0.5, 0.6) is 0 Å². The van der Waals surface area contributed by atoms with E-state index >= 15 is 0 Å². The summed E-state index contributed by atoms with van der Waals surface area (Å²) in [5, 5.41) is 29.6. The van der Waals surface area contributed by atoms with E-state index in [1.54, 1.807) is 0 Å². The number of aliphatic hydroxyl groups excluding tert-OH is 1. The molecule has 0 heterocycles. The highest BCUT2D eigenvalue weighted by molar-refractivity contribution is 6.33. The smallest absolute Gasteiger partial charge is 0.364 e. The maximum atomic E-state index is 10.7. The molecule has 0 fully saturated rings. The Morgan fingerprint density at radius 2 is 1.88 bits per heavy atom. The van der Waals surface area contributed by atoms with Crippen LogP contribution in [-0.4, -0.2) is 21.6 Å². The minimum atomic E-state index is -0.901. The van der Waals surface area contributed by atoms with Gasteiger partial charge in [-0.25, -0.2) is 0 Å². The van der Waals surface area contributed by atoms with Gasteiger partial charge in [0, 0.05) is 12.7 Å². The summed E-state index contributed by atoms with van der Waals surface area (Å²) in [6.07, 6.45) is 0.109. The second kappa shape index (κ2) is 4.86. The Bertz CT molecular complexity index is 448. The molecule has 0 spiro atoms. The van der Waals surface area contributed by atoms with Gasteiger partial charge in [-0.1, -0.05) is 17.7 Å². The van der Waals surface area contributed by atoms with Gasteiger partial charge in [-0.2, -0.15) is 0 Å². The van der Waals surface area contributed by atoms with Gasteiger partial charge in [0.25, 0.3) is 0 Å². The highest BCUT2D eigenvalue weighted by Gasteiger charge is 2.29. The summed E-state index contributed by atoms with van der Waals surface area (Å²) in [6, 6.07) is 2.30. The van der Waals surface area contributed by atoms with Crippen molar-refractivity contribution in [2.75, 3.05) is 6.61 Å². The number of hydrogen-bond acceptors (Lipinski definition) is 5. The van der Waals surface area contributed by atoms with Crippen molar-refractivity contribution in [3.8, 4) is 0 Å². The van der Waals surface area contributed by atoms with Crippen LogP contribution >= 0.6 is 11.6 Å². The molecular formula is C8H7ClN2O5. The van der Waals surface area contributed by atoms with Crippen molar-refractivity contribution in [2.45, 2.75) is 6.42 Å². The number of rotatable bonds is 4. The maximum absolute atomic E-state index is 10.7. The molecule has 0 saturated heterocycles. The first kappa shape index (κ1) is 12.3. The number of halogens is 1. The molecule has 0 aliphatic heterocycles. The van der Waals surface area contributed by atoms with E-state index in [1.807, 2.05) is 0 Å². The third-order valence-corrected chi connectivity index (χ3v) is 2.36. The lowest BCUT2D eigenvalue weighted by Crippen LogP contribution is -2.01. The second-order valence-corrected chi connectivity index (χ2v) is 3.27. The summed E-state index contributed by atoms with van der Waals surface area (Å²) in [5.41, 5.74) is -1.09. The number of nitro groups is 2. The van der Waals surface area contributed by atoms with Gasteiger partial charge in [-0.15, -0.1) is 0 Å². The standard InChI is InChI=1S/C8H7ClN2O5/c9-7-5(3-4-12)1-2-6(10(13)14)8(7)11(15)16/h1-2,12H,3-4H2. The first-order valence-corrected chi connectivity index (χ1v) is 4.57. The predicted molar refractivity (Wildman–Crippen MR) is 55.6 cm³/mol. The average Bonchev–Trinajstić information content (AvgIpc) is 2.20. The van der Waals surface area contributed by atoms with Gasteiger partial charge in [0.2, 0.25) is 0 Å². The molecule has 0 aliphatic carbocycles. The molecular weight excluding hydrogens is 240 g/mol. The Balaban J connectivity index is 3.41. The van der Waals surface area contributed by atoms with E-state index in [4.69, 9.17) is 16.7 Å². The minimum absolute atomic E-state index is 0.109. The van der Waals surface area contributed by atoms with E-state index in [-0.39, 0.29) is 18.1 Å². The molecule has 1 rings (SSSR count). The van der Waals surface area contributed by atoms with Crippen LogP contribution in [-0.2, 0) is 6.42 Å². The molecule has 1 aromatic carbocycles. The highest BCUT2D eigenvalue weighted by atomic mass is 35.5. The van der Waals surface area contributed by atoms with Gasteiger partial charge < -0.3 is 5.11 Å². The monoisotopic (exact) mass is 246 g/mol. The summed E-state index contributed by atoms with van der Waals surface area (Å²) < 4.78 is 0. The van der Waals surface area contributed by atoms with Crippen LogP contribution in [0.15, 0.2) is 12.1 Å². The molecule has 0 atom stereocenters. The van der Waals surface area contributed by atoms with Gasteiger partial charge >= 0.3 is 11.4 Å². The van der Waals surface area contributed by atoms with Crippen molar-refractivity contribution in [1.29, 1.82) is 0 Å². The van der Waals surface area contributed by atoms with E-state index in [0.717, 1.165) is 6.07 Å². The predicted octanol–water partition coefficient (Wildman–Crippen LogP) is 1.69. The Labute approximate surface area is 94.6 Å². The normalized spacial score (nSPS) is 10.1. The molecule has 16 heavy (non-hydrogen) atoms. The SMILES string of the molecule is O=[N+]([O-])c1ccc(CCO)c(Cl)c1[N+](=O)[O-]. The number of nitrogens with zero attached hydrogens (tertiary/aromatic N) is 2. The molecule has 1 N–H and O–H groups in total. The zero-order valence-corrected chi connectivity index (χ0v) is 8.68. The summed E-state index contributed by atoms with van der Waals surface area (Å²) in [7, 11) is 0. The van der Waals surface area contributed by atoms with Crippen molar-refractivity contribution < 1.29 is 15.0 Å². The number of nitro benzene ring substituents is 2. The van der Waals surface area contributed by atoms with Crippen LogP contribution in [0.1, 0.15) is 5.56 Å². The zero-order valence-electron chi connectivity index (χ0n) is 7.92. The fourth-order valence-corrected chi connectivity index (χ4v) is 1.55. The topological polar surface area (TPSA) is 107 Å². The van der Waals surface area contributed by atoms with Gasteiger partial charge in [-0.05, 0) is 12.0 Å². The Morgan fingerprint density at radius 3 is 2.31 bits per heavy atom. The summed E-state index contributed by atoms with van der Waals surface area (Å²) in [4.78, 5) is 19.4. The van der Waals surface area contributed by atoms with E-state index in [1.165, 1.54) is 6.07 Å². The van der Waals surface area contributed by atoms with Crippen LogP contribution in [0.2, 0.25) is 5.02 Å². The van der Waals surface area contributed by atoms with Crippen molar-refractivity contribution in [3.05, 3.63) is 42.9 Å². The maximum Gasteiger partial charge on any atom is 0.364 e. The van der Waals surface area contributed by atoms with Gasteiger partial charge in [0.05, 0.1) is 9.85 Å². The largest absolute Gasteiger partial charge is 0.396 e. The fraction of sp³-hybridized carbons (Fsp3) is 0.250. The van der Waals surface area contributed by atoms with Crippen molar-refractivity contribution in [1.82, 2.24) is 0 Å². The fourth-order valence-electron chi connectivity index (χ4n) is 1.23. The molecule has 0 aromatic heterocycles. The van der Waals surface area contributed by atoms with E-state index < -0.39 is 21.2 Å². The zero-order chi connectivity index (χ0) is 12.3. The van der Waals surface area contributed by atoms with Gasteiger partial charge in [0.1, 0.15) is 5.02 Å². The summed E-state index contributed by atoms with van der Waals surface area (Å²) >= 11 is 5.67. The molecule has 1 aromatic rings. The van der Waals surface area contributed by atoms with Crippen molar-refractivity contribution in [2.24, 2.45) is 0 Å². The summed E-state index contributed by atoms with van der Waals surface area (Å²) in [6.45, 7) is -0.241. The van der Waals surface area contributed by atoms with Crippen molar-refractivity contribution in [3.63, 3.8) is 0 Å². The molecule has 8 heteroatoms. The summed E-state index contributed by atoms with van der Waals surface area (Å²) in [5.74, 6) is 0. The molecule has 0 unspecified atom stereocenters. The van der Waals surface area contributed by atoms with E-state index in [2.05, 4.69) is 0 Å². The van der Waals surface area contributed by atoms with Crippen LogP contribution in [0, 0.1) is 20.2 Å². The van der Waals surface area contributed by atoms with Crippen LogP contribution in [0.3, 0.4) is 0 Å². The second-order valence-electron chi connectivity index (χ2n) is 2.89. The third kappa shape index (κ3) is 2.26. The van der Waals surface area contributed by atoms with E-state index in [0.29, 0.717) is 5.56 Å². The molecule has 0 saturated carbocycles. The molecule has 0 aliphatic rings. The van der Waals surface area contributed by atoms with Crippen LogP contribution in [0.25, 0.3) is 0 Å². The quantitative estimate of drug-likeness (QED) is 0.643. The first-order chi connectivity index (χ1) is 7.49. The minimum Gasteiger partial charge on any atom is -0.396 e. The number of hydrogen-bond donors (Lipinski definition) is 1. The Kier molecular flexibility index (Phi) is 3.75. The lowest BCUT2D eigenvalue weighted by molar-refractivity contribution is -0.422. The van der Waals surface area contributed by atoms with E-state index in [9.17, 15) is 20.2 Å². The van der Waals surface area contributed by atoms with Crippen LogP contribution in [0.4, 0.5) is 11.4 Å². The third-order valence-electron chi connectivity index (χ3n) is 1.94. The average molecular weight is 247 g/mol. The molecule has 0 radical (unpaired) electrons. The lowest BCUT2D eigenvalue weighted by Gasteiger charge is -2.03. The molecule has 7 nitrogen and oxygen atoms in total. The lowest BCUT2D eigenvalue weighted by atomic mass is 10.1. The van der Waals surface area contributed by atoms with Crippen LogP contribution < -0.4 is 0 Å². The van der Waals surface area contributed by atoms with Crippen molar-refractivity contribution >= 4 is 23.0 Å². The van der Waals surface area contributed by atoms with Gasteiger partial charge in [-0.3, -0.25) is 20.2 Å². The molecule has 0 amide bonds. The van der Waals surface area contributed by atoms with Gasteiger partial charge in [0.15, 0.2) is 0 Å². The number of aliphatic hydroxyl groups is 1. The number of benzene rings is 1. The molecule has 0 bridgehead atoms. The molecule has 86 valence electrons. The Hall–Kier alpha value is -1.73. The Morgan fingerprint density at radius 1 is 1.25 bits per heavy atom.